The summed E-state index contributed by atoms with van der Waals surface area (Å²) in [7, 11) is 0. The molecule has 0 bridgehead atoms. The maximum absolute atomic E-state index is 14.1. The molecule has 4 nitrogen and oxygen atoms in total. The zero-order chi connectivity index (χ0) is 19.4. The van der Waals surface area contributed by atoms with E-state index in [9.17, 15) is 14.3 Å². The van der Waals surface area contributed by atoms with Crippen LogP contribution in [-0.4, -0.2) is 22.7 Å². The molecular formula is C20H15ClFNO3S. The molecule has 2 aromatic carbocycles. The summed E-state index contributed by atoms with van der Waals surface area (Å²) >= 11 is 7.11. The summed E-state index contributed by atoms with van der Waals surface area (Å²) in [5.74, 6) is -1.54. The summed E-state index contributed by atoms with van der Waals surface area (Å²) in [6, 6.07) is 13.3. The van der Waals surface area contributed by atoms with E-state index < -0.39 is 11.8 Å². The first kappa shape index (κ1) is 19.2. The molecule has 7 heteroatoms. The average molecular weight is 404 g/mol. The van der Waals surface area contributed by atoms with E-state index in [-0.39, 0.29) is 38.5 Å². The molecular weight excluding hydrogens is 389 g/mol. The van der Waals surface area contributed by atoms with Crippen LogP contribution in [0.5, 0.6) is 0 Å². The second-order valence-corrected chi connectivity index (χ2v) is 6.88. The highest BCUT2D eigenvalue weighted by Gasteiger charge is 2.33. The number of aliphatic imine (C=N–C) groups is 1. The van der Waals surface area contributed by atoms with Gasteiger partial charge in [-0.25, -0.2) is 14.2 Å². The molecule has 0 saturated heterocycles. The largest absolute Gasteiger partial charge is 0.506 e. The Hall–Kier alpha value is -2.57. The topological polar surface area (TPSA) is 58.9 Å². The molecule has 138 valence electrons. The van der Waals surface area contributed by atoms with Gasteiger partial charge in [0.25, 0.3) is 0 Å². The van der Waals surface area contributed by atoms with E-state index in [0.717, 1.165) is 11.8 Å². The summed E-state index contributed by atoms with van der Waals surface area (Å²) in [6.07, 6.45) is 1.39. The number of hydrogen-bond donors (Lipinski definition) is 1. The Morgan fingerprint density at radius 2 is 2.00 bits per heavy atom. The van der Waals surface area contributed by atoms with Crippen LogP contribution in [0.4, 0.5) is 10.1 Å². The van der Waals surface area contributed by atoms with Gasteiger partial charge in [-0.15, -0.1) is 0 Å². The van der Waals surface area contributed by atoms with Crippen LogP contribution in [-0.2, 0) is 9.53 Å². The van der Waals surface area contributed by atoms with E-state index in [4.69, 9.17) is 16.3 Å². The molecule has 3 rings (SSSR count). The van der Waals surface area contributed by atoms with E-state index in [2.05, 4.69) is 4.99 Å². The minimum absolute atomic E-state index is 0.0515. The van der Waals surface area contributed by atoms with Crippen molar-refractivity contribution in [1.82, 2.24) is 0 Å². The molecule has 0 saturated carbocycles. The van der Waals surface area contributed by atoms with Gasteiger partial charge < -0.3 is 9.84 Å². The first-order chi connectivity index (χ1) is 13.0. The molecule has 0 aliphatic carbocycles. The highest BCUT2D eigenvalue weighted by Crippen LogP contribution is 2.41. The van der Waals surface area contributed by atoms with Gasteiger partial charge in [-0.05, 0) is 37.3 Å². The third-order valence-electron chi connectivity index (χ3n) is 3.63. The van der Waals surface area contributed by atoms with Crippen LogP contribution >= 0.6 is 23.4 Å². The summed E-state index contributed by atoms with van der Waals surface area (Å²) < 4.78 is 19.1. The lowest BCUT2D eigenvalue weighted by Crippen LogP contribution is -2.12. The molecule has 1 N–H and O–H groups in total. The minimum atomic E-state index is -0.694. The Kier molecular flexibility index (Phi) is 5.98. The van der Waals surface area contributed by atoms with Gasteiger partial charge in [-0.3, -0.25) is 0 Å². The molecule has 0 fully saturated rings. The van der Waals surface area contributed by atoms with Crippen molar-refractivity contribution in [3.05, 3.63) is 81.2 Å². The number of hydrogen-bond acceptors (Lipinski definition) is 5. The maximum atomic E-state index is 14.1. The number of para-hydroxylation sites is 1. The van der Waals surface area contributed by atoms with Crippen molar-refractivity contribution in [3.8, 4) is 0 Å². The third-order valence-corrected chi connectivity index (χ3v) is 4.98. The molecule has 1 heterocycles. The zero-order valence-corrected chi connectivity index (χ0v) is 15.9. The van der Waals surface area contributed by atoms with Gasteiger partial charge in [0, 0.05) is 5.56 Å². The molecule has 0 atom stereocenters. The maximum Gasteiger partial charge on any atom is 0.344 e. The number of rotatable bonds is 4. The van der Waals surface area contributed by atoms with Crippen LogP contribution in [0.2, 0.25) is 5.02 Å². The normalized spacial score (nSPS) is 17.0. The smallest absolute Gasteiger partial charge is 0.344 e. The fourth-order valence-electron chi connectivity index (χ4n) is 2.39. The van der Waals surface area contributed by atoms with Crippen LogP contribution in [0.3, 0.4) is 0 Å². The van der Waals surface area contributed by atoms with Crippen molar-refractivity contribution >= 4 is 46.1 Å². The Morgan fingerprint density at radius 1 is 1.26 bits per heavy atom. The van der Waals surface area contributed by atoms with Crippen molar-refractivity contribution in [3.63, 3.8) is 0 Å². The van der Waals surface area contributed by atoms with E-state index in [1.165, 1.54) is 18.2 Å². The lowest BCUT2D eigenvalue weighted by Gasteiger charge is -2.03. The van der Waals surface area contributed by atoms with Crippen LogP contribution in [0.15, 0.2) is 69.8 Å². The second kappa shape index (κ2) is 8.41. The number of ether oxygens (including phenoxy) is 1. The molecule has 0 amide bonds. The molecule has 0 radical (unpaired) electrons. The van der Waals surface area contributed by atoms with Crippen LogP contribution < -0.4 is 0 Å². The van der Waals surface area contributed by atoms with E-state index >= 15 is 0 Å². The van der Waals surface area contributed by atoms with Crippen molar-refractivity contribution in [1.29, 1.82) is 0 Å². The first-order valence-electron chi connectivity index (χ1n) is 8.09. The number of thioether (sulfide) groups is 1. The predicted octanol–water partition coefficient (Wildman–Crippen LogP) is 5.67. The summed E-state index contributed by atoms with van der Waals surface area (Å²) in [5, 5.41) is 11.1. The minimum Gasteiger partial charge on any atom is -0.506 e. The Balaban J connectivity index is 2.09. The number of benzene rings is 2. The molecule has 0 spiro atoms. The van der Waals surface area contributed by atoms with Crippen molar-refractivity contribution in [2.75, 3.05) is 6.61 Å². The number of nitrogens with zero attached hydrogens (tertiary/aromatic N) is 1. The highest BCUT2D eigenvalue weighted by atomic mass is 35.5. The van der Waals surface area contributed by atoms with Gasteiger partial charge in [-0.1, -0.05) is 47.6 Å². The number of esters is 1. The second-order valence-electron chi connectivity index (χ2n) is 5.44. The fraction of sp³-hybridized carbons (Fsp3) is 0.100. The van der Waals surface area contributed by atoms with Gasteiger partial charge in [0.15, 0.2) is 0 Å². The van der Waals surface area contributed by atoms with Crippen molar-refractivity contribution in [2.24, 2.45) is 4.99 Å². The van der Waals surface area contributed by atoms with Gasteiger partial charge >= 0.3 is 5.97 Å². The molecule has 27 heavy (non-hydrogen) atoms. The number of carbonyl (C=O) groups is 1. The van der Waals surface area contributed by atoms with Gasteiger partial charge in [0.2, 0.25) is 0 Å². The van der Waals surface area contributed by atoms with E-state index in [0.29, 0.717) is 5.69 Å². The number of aliphatic hydroxyl groups excluding tert-OH is 1. The van der Waals surface area contributed by atoms with Crippen LogP contribution in [0, 0.1) is 5.82 Å². The van der Waals surface area contributed by atoms with E-state index in [1.807, 2.05) is 18.2 Å². The third kappa shape index (κ3) is 4.23. The lowest BCUT2D eigenvalue weighted by molar-refractivity contribution is -0.138. The number of halogens is 2. The fourth-order valence-corrected chi connectivity index (χ4v) is 3.63. The Labute approximate surface area is 165 Å². The van der Waals surface area contributed by atoms with Crippen molar-refractivity contribution in [2.45, 2.75) is 6.92 Å². The van der Waals surface area contributed by atoms with Crippen LogP contribution in [0.1, 0.15) is 12.5 Å². The number of carbonyl (C=O) groups excluding carboxylic acids is 1. The molecule has 0 aromatic heterocycles. The molecule has 1 aliphatic heterocycles. The zero-order valence-electron chi connectivity index (χ0n) is 14.3. The Morgan fingerprint density at radius 3 is 2.67 bits per heavy atom. The van der Waals surface area contributed by atoms with Crippen molar-refractivity contribution < 1.29 is 19.0 Å². The summed E-state index contributed by atoms with van der Waals surface area (Å²) in [4.78, 5) is 17.0. The first-order valence-corrected chi connectivity index (χ1v) is 9.29. The predicted molar refractivity (Wildman–Crippen MR) is 107 cm³/mol. The quantitative estimate of drug-likeness (QED) is 0.668. The lowest BCUT2D eigenvalue weighted by atomic mass is 10.1. The van der Waals surface area contributed by atoms with Gasteiger partial charge in [0.1, 0.15) is 22.2 Å². The van der Waals surface area contributed by atoms with Crippen LogP contribution in [0.25, 0.3) is 6.08 Å². The van der Waals surface area contributed by atoms with Gasteiger partial charge in [-0.2, -0.15) is 0 Å². The Bertz CT molecular complexity index is 950. The highest BCUT2D eigenvalue weighted by molar-refractivity contribution is 8.18. The van der Waals surface area contributed by atoms with Gasteiger partial charge in [0.05, 0.1) is 22.2 Å². The SMILES string of the molecule is CCOC(=O)C1=C(O)/C(=C/c2c(F)cccc2Cl)SC1=Nc1ccccc1. The molecule has 2 aromatic rings. The molecule has 0 unspecified atom stereocenters. The van der Waals surface area contributed by atoms with E-state index in [1.54, 1.807) is 25.1 Å². The summed E-state index contributed by atoms with van der Waals surface area (Å²) in [5.41, 5.74) is 0.682. The summed E-state index contributed by atoms with van der Waals surface area (Å²) in [6.45, 7) is 1.82. The average Bonchev–Trinajstić information content (AvgIpc) is 2.94. The molecule has 1 aliphatic rings. The monoisotopic (exact) mass is 403 g/mol. The standard InChI is InChI=1S/C20H15ClFNO3S/c1-2-26-20(25)17-18(24)16(11-13-14(21)9-6-10-15(13)22)27-19(17)23-12-7-4-3-5-8-12/h3-11,24H,2H2,1H3/b16-11-,23-19?. The number of aliphatic hydroxyl groups is 1.